The summed E-state index contributed by atoms with van der Waals surface area (Å²) in [5, 5.41) is 0.235. The highest BCUT2D eigenvalue weighted by Gasteiger charge is 2.03. The molecule has 1 heterocycles. The lowest BCUT2D eigenvalue weighted by Gasteiger charge is -2.02. The summed E-state index contributed by atoms with van der Waals surface area (Å²) in [4.78, 5) is 7.64. The summed E-state index contributed by atoms with van der Waals surface area (Å²) in [5.74, 6) is 0.867. The zero-order valence-electron chi connectivity index (χ0n) is 6.45. The van der Waals surface area contributed by atoms with Gasteiger partial charge in [0, 0.05) is 18.1 Å². The van der Waals surface area contributed by atoms with E-state index in [2.05, 4.69) is 14.7 Å². The van der Waals surface area contributed by atoms with E-state index in [1.807, 2.05) is 0 Å². The molecule has 0 spiro atoms. The molecule has 1 N–H and O–H groups in total. The van der Waals surface area contributed by atoms with Gasteiger partial charge in [0.1, 0.15) is 11.0 Å². The molecule has 0 saturated heterocycles. The SMILES string of the molecule is CCS(=O)Nc1nccnc1Cl. The maximum atomic E-state index is 11.0. The molecule has 1 unspecified atom stereocenters. The molecule has 0 aliphatic carbocycles. The van der Waals surface area contributed by atoms with Crippen LogP contribution in [-0.4, -0.2) is 19.9 Å². The van der Waals surface area contributed by atoms with Gasteiger partial charge in [-0.3, -0.25) is 4.72 Å². The van der Waals surface area contributed by atoms with Crippen molar-refractivity contribution >= 4 is 28.4 Å². The standard InChI is InChI=1S/C6H8ClN3OS/c1-2-12(11)10-6-5(7)8-3-4-9-6/h3-4H,2H2,1H3,(H,9,10). The Bertz CT molecular complexity index is 294. The second-order valence-corrected chi connectivity index (χ2v) is 3.76. The van der Waals surface area contributed by atoms with E-state index in [0.29, 0.717) is 11.6 Å². The van der Waals surface area contributed by atoms with Gasteiger partial charge in [-0.15, -0.1) is 0 Å². The van der Waals surface area contributed by atoms with Crippen LogP contribution in [0.5, 0.6) is 0 Å². The van der Waals surface area contributed by atoms with Crippen molar-refractivity contribution in [2.45, 2.75) is 6.92 Å². The summed E-state index contributed by atoms with van der Waals surface area (Å²) in [5.41, 5.74) is 0. The molecule has 1 aromatic rings. The Morgan fingerprint density at radius 3 is 2.83 bits per heavy atom. The Kier molecular flexibility index (Phi) is 3.43. The summed E-state index contributed by atoms with van der Waals surface area (Å²) >= 11 is 5.65. The highest BCUT2D eigenvalue weighted by atomic mass is 35.5. The molecule has 0 bridgehead atoms. The topological polar surface area (TPSA) is 54.9 Å². The molecular weight excluding hydrogens is 198 g/mol. The smallest absolute Gasteiger partial charge is 0.175 e. The van der Waals surface area contributed by atoms with Crippen molar-refractivity contribution in [3.63, 3.8) is 0 Å². The van der Waals surface area contributed by atoms with Crippen molar-refractivity contribution in [3.8, 4) is 0 Å². The van der Waals surface area contributed by atoms with Gasteiger partial charge in [-0.1, -0.05) is 18.5 Å². The monoisotopic (exact) mass is 205 g/mol. The van der Waals surface area contributed by atoms with Gasteiger partial charge in [-0.25, -0.2) is 14.2 Å². The number of hydrogen-bond donors (Lipinski definition) is 1. The second kappa shape index (κ2) is 4.37. The summed E-state index contributed by atoms with van der Waals surface area (Å²) in [6, 6.07) is 0. The van der Waals surface area contributed by atoms with E-state index in [1.54, 1.807) is 6.92 Å². The third-order valence-corrected chi connectivity index (χ3v) is 2.35. The van der Waals surface area contributed by atoms with Crippen molar-refractivity contribution in [2.24, 2.45) is 0 Å². The van der Waals surface area contributed by atoms with Crippen molar-refractivity contribution in [1.29, 1.82) is 0 Å². The third kappa shape index (κ3) is 2.42. The number of hydrogen-bond acceptors (Lipinski definition) is 3. The van der Waals surface area contributed by atoms with E-state index in [-0.39, 0.29) is 5.15 Å². The van der Waals surface area contributed by atoms with Crippen molar-refractivity contribution < 1.29 is 4.21 Å². The molecule has 66 valence electrons. The van der Waals surface area contributed by atoms with Crippen LogP contribution < -0.4 is 4.72 Å². The van der Waals surface area contributed by atoms with Crippen LogP contribution in [0.4, 0.5) is 5.82 Å². The van der Waals surface area contributed by atoms with Crippen molar-refractivity contribution in [1.82, 2.24) is 9.97 Å². The summed E-state index contributed by atoms with van der Waals surface area (Å²) < 4.78 is 13.6. The highest BCUT2D eigenvalue weighted by molar-refractivity contribution is 7.86. The average Bonchev–Trinajstić information content (AvgIpc) is 2.09. The Morgan fingerprint density at radius 2 is 2.25 bits per heavy atom. The first-order valence-corrected chi connectivity index (χ1v) is 5.05. The second-order valence-electron chi connectivity index (χ2n) is 1.93. The zero-order chi connectivity index (χ0) is 8.97. The van der Waals surface area contributed by atoms with Crippen LogP contribution >= 0.6 is 11.6 Å². The van der Waals surface area contributed by atoms with Gasteiger partial charge in [-0.05, 0) is 0 Å². The minimum atomic E-state index is -1.13. The molecule has 0 aliphatic heterocycles. The van der Waals surface area contributed by atoms with Gasteiger partial charge in [0.15, 0.2) is 11.0 Å². The fourth-order valence-electron chi connectivity index (χ4n) is 0.570. The number of halogens is 1. The van der Waals surface area contributed by atoms with Crippen LogP contribution in [0, 0.1) is 0 Å². The quantitative estimate of drug-likeness (QED) is 0.808. The molecule has 0 aliphatic rings. The van der Waals surface area contributed by atoms with E-state index in [9.17, 15) is 4.21 Å². The molecule has 0 amide bonds. The molecule has 12 heavy (non-hydrogen) atoms. The van der Waals surface area contributed by atoms with Gasteiger partial charge in [0.05, 0.1) is 0 Å². The van der Waals surface area contributed by atoms with Gasteiger partial charge in [-0.2, -0.15) is 0 Å². The van der Waals surface area contributed by atoms with Crippen LogP contribution in [0.25, 0.3) is 0 Å². The van der Waals surface area contributed by atoms with E-state index in [1.165, 1.54) is 12.4 Å². The van der Waals surface area contributed by atoms with Crippen LogP contribution in [0.3, 0.4) is 0 Å². The van der Waals surface area contributed by atoms with E-state index >= 15 is 0 Å². The van der Waals surface area contributed by atoms with Gasteiger partial charge < -0.3 is 0 Å². The zero-order valence-corrected chi connectivity index (χ0v) is 8.02. The van der Waals surface area contributed by atoms with Crippen LogP contribution in [0.1, 0.15) is 6.92 Å². The molecule has 0 fully saturated rings. The summed E-state index contributed by atoms with van der Waals surface area (Å²) in [6.45, 7) is 1.80. The normalized spacial score (nSPS) is 12.5. The lowest BCUT2D eigenvalue weighted by molar-refractivity contribution is 0.687. The molecule has 4 nitrogen and oxygen atoms in total. The summed E-state index contributed by atoms with van der Waals surface area (Å²) in [7, 11) is -1.13. The molecule has 0 saturated carbocycles. The van der Waals surface area contributed by atoms with E-state index in [4.69, 9.17) is 11.6 Å². The molecule has 1 rings (SSSR count). The maximum absolute atomic E-state index is 11.0. The number of anilines is 1. The van der Waals surface area contributed by atoms with Crippen LogP contribution in [0.2, 0.25) is 5.15 Å². The van der Waals surface area contributed by atoms with Crippen molar-refractivity contribution in [3.05, 3.63) is 17.5 Å². The Balaban J connectivity index is 2.75. The Hall–Kier alpha value is -0.680. The van der Waals surface area contributed by atoms with Crippen molar-refractivity contribution in [2.75, 3.05) is 10.5 Å². The lowest BCUT2D eigenvalue weighted by atomic mass is 10.7. The number of nitrogens with one attached hydrogen (secondary N) is 1. The average molecular weight is 206 g/mol. The van der Waals surface area contributed by atoms with E-state index < -0.39 is 11.0 Å². The minimum absolute atomic E-state index is 0.235. The van der Waals surface area contributed by atoms with Crippen LogP contribution in [-0.2, 0) is 11.0 Å². The third-order valence-electron chi connectivity index (χ3n) is 1.13. The molecule has 6 heteroatoms. The van der Waals surface area contributed by atoms with Crippen LogP contribution in [0.15, 0.2) is 12.4 Å². The fraction of sp³-hybridized carbons (Fsp3) is 0.333. The lowest BCUT2D eigenvalue weighted by Crippen LogP contribution is -2.08. The first-order chi connectivity index (χ1) is 5.74. The fourth-order valence-corrected chi connectivity index (χ4v) is 1.29. The maximum Gasteiger partial charge on any atom is 0.175 e. The number of aromatic nitrogens is 2. The number of rotatable bonds is 3. The predicted octanol–water partition coefficient (Wildman–Crippen LogP) is 1.23. The molecule has 0 radical (unpaired) electrons. The van der Waals surface area contributed by atoms with E-state index in [0.717, 1.165) is 0 Å². The first kappa shape index (κ1) is 9.41. The first-order valence-electron chi connectivity index (χ1n) is 3.35. The molecular formula is C6H8ClN3OS. The van der Waals surface area contributed by atoms with Gasteiger partial charge in [0.2, 0.25) is 0 Å². The summed E-state index contributed by atoms with van der Waals surface area (Å²) in [6.07, 6.45) is 2.96. The molecule has 0 aromatic carbocycles. The largest absolute Gasteiger partial charge is 0.287 e. The Labute approximate surface area is 78.0 Å². The Morgan fingerprint density at radius 1 is 1.58 bits per heavy atom. The van der Waals surface area contributed by atoms with Gasteiger partial charge >= 0.3 is 0 Å². The molecule has 1 aromatic heterocycles. The molecule has 1 atom stereocenters. The predicted molar refractivity (Wildman–Crippen MR) is 49.3 cm³/mol. The minimum Gasteiger partial charge on any atom is -0.287 e. The highest BCUT2D eigenvalue weighted by Crippen LogP contribution is 2.14. The van der Waals surface area contributed by atoms with Gasteiger partial charge in [0.25, 0.3) is 0 Å². The number of nitrogens with zero attached hydrogens (tertiary/aromatic N) is 2.